The van der Waals surface area contributed by atoms with Crippen LogP contribution in [-0.2, 0) is 19.5 Å². The van der Waals surface area contributed by atoms with E-state index in [1.807, 2.05) is 0 Å². The molecule has 3 rings (SSSR count). The highest BCUT2D eigenvalue weighted by atomic mass is 32.3. The summed E-state index contributed by atoms with van der Waals surface area (Å²) in [4.78, 5) is 25.5. The van der Waals surface area contributed by atoms with E-state index in [4.69, 9.17) is 4.55 Å². The van der Waals surface area contributed by atoms with Crippen molar-refractivity contribution < 1.29 is 36.3 Å². The van der Waals surface area contributed by atoms with E-state index in [-0.39, 0.29) is 32.4 Å². The number of hydrogen-bond acceptors (Lipinski definition) is 6. The molecule has 3 heterocycles. The zero-order chi connectivity index (χ0) is 17.7. The van der Waals surface area contributed by atoms with E-state index in [1.54, 1.807) is 0 Å². The maximum absolute atomic E-state index is 14.4. The number of aliphatic carboxylic acids is 1. The highest BCUT2D eigenvalue weighted by Crippen LogP contribution is 2.45. The quantitative estimate of drug-likeness (QED) is 0.560. The van der Waals surface area contributed by atoms with Crippen molar-refractivity contribution in [3.05, 3.63) is 0 Å². The Balaban J connectivity index is 1.96. The molecule has 3 aliphatic heterocycles. The van der Waals surface area contributed by atoms with Crippen LogP contribution >= 0.6 is 0 Å². The molecule has 2 amide bonds. The van der Waals surface area contributed by atoms with Crippen molar-refractivity contribution in [1.29, 1.82) is 0 Å². The van der Waals surface area contributed by atoms with Gasteiger partial charge in [-0.1, -0.05) is 0 Å². The number of carbonyl (C=O) groups is 2. The zero-order valence-electron chi connectivity index (χ0n) is 12.6. The van der Waals surface area contributed by atoms with Gasteiger partial charge in [-0.3, -0.25) is 4.55 Å². The summed E-state index contributed by atoms with van der Waals surface area (Å²) in [7, 11) is -4.93. The van der Waals surface area contributed by atoms with Crippen LogP contribution in [0.2, 0.25) is 0 Å². The second-order valence-electron chi connectivity index (χ2n) is 6.26. The molecule has 0 radical (unpaired) electrons. The number of alkyl halides is 1. The van der Waals surface area contributed by atoms with Gasteiger partial charge in [0.15, 0.2) is 0 Å². The van der Waals surface area contributed by atoms with Crippen LogP contribution < -0.4 is 5.32 Å². The molecule has 0 saturated carbocycles. The SMILES string of the molecule is O=C1N(OS(=O)(=O)O)[C@@H]2CC[C@@](C(=O)O)([C@H]3CCNC[C@H]3F)N1C2. The lowest BCUT2D eigenvalue weighted by atomic mass is 9.71. The highest BCUT2D eigenvalue weighted by molar-refractivity contribution is 7.80. The van der Waals surface area contributed by atoms with Gasteiger partial charge in [0.25, 0.3) is 0 Å². The van der Waals surface area contributed by atoms with Gasteiger partial charge in [-0.25, -0.2) is 14.0 Å². The topological polar surface area (TPSA) is 136 Å². The smallest absolute Gasteiger partial charge is 0.418 e. The number of nitrogens with one attached hydrogen (secondary N) is 1. The molecule has 0 aliphatic carbocycles. The molecule has 10 nitrogen and oxygen atoms in total. The average molecular weight is 367 g/mol. The van der Waals surface area contributed by atoms with Gasteiger partial charge in [0.05, 0.1) is 6.04 Å². The lowest BCUT2D eigenvalue weighted by Crippen LogP contribution is -2.65. The van der Waals surface area contributed by atoms with E-state index < -0.39 is 46.1 Å². The standard InChI is InChI=1S/C12H18FN3O7S/c13-9-5-14-4-2-8(9)12(10(17)18)3-1-7-6-15(12)11(19)16(7)23-24(20,21)22/h7-9,14H,1-6H2,(H,17,18)(H,20,21,22)/t7-,8+,9-,12+/m1/s1. The van der Waals surface area contributed by atoms with Gasteiger partial charge in [-0.2, -0.15) is 13.5 Å². The molecule has 0 unspecified atom stereocenters. The Morgan fingerprint density at radius 2 is 2.12 bits per heavy atom. The molecule has 3 aliphatic rings. The first kappa shape index (κ1) is 17.3. The molecular weight excluding hydrogens is 349 g/mol. The predicted molar refractivity (Wildman–Crippen MR) is 75.8 cm³/mol. The fourth-order valence-electron chi connectivity index (χ4n) is 4.02. The van der Waals surface area contributed by atoms with Gasteiger partial charge >= 0.3 is 22.4 Å². The summed E-state index contributed by atoms with van der Waals surface area (Å²) in [6, 6.07) is -1.71. The Morgan fingerprint density at radius 1 is 1.42 bits per heavy atom. The lowest BCUT2D eigenvalue weighted by molar-refractivity contribution is -0.158. The van der Waals surface area contributed by atoms with Gasteiger partial charge in [0, 0.05) is 19.0 Å². The van der Waals surface area contributed by atoms with Crippen molar-refractivity contribution in [2.45, 2.75) is 37.0 Å². The second-order valence-corrected chi connectivity index (χ2v) is 7.26. The summed E-state index contributed by atoms with van der Waals surface area (Å²) in [5, 5.41) is 13.1. The van der Waals surface area contributed by atoms with Crippen molar-refractivity contribution in [1.82, 2.24) is 15.3 Å². The molecule has 4 atom stereocenters. The van der Waals surface area contributed by atoms with E-state index in [0.29, 0.717) is 11.6 Å². The van der Waals surface area contributed by atoms with Crippen LogP contribution in [0.1, 0.15) is 19.3 Å². The summed E-state index contributed by atoms with van der Waals surface area (Å²) < 4.78 is 49.3. The number of fused-ring (bicyclic) bond motifs is 2. The number of piperidine rings is 2. The largest absolute Gasteiger partial charge is 0.479 e. The zero-order valence-corrected chi connectivity index (χ0v) is 13.4. The number of nitrogens with zero attached hydrogens (tertiary/aromatic N) is 2. The first-order valence-corrected chi connectivity index (χ1v) is 8.89. The molecule has 3 fully saturated rings. The van der Waals surface area contributed by atoms with Crippen molar-refractivity contribution in [3.8, 4) is 0 Å². The van der Waals surface area contributed by atoms with Crippen molar-refractivity contribution in [2.24, 2.45) is 5.92 Å². The number of hydroxylamine groups is 2. The fraction of sp³-hybridized carbons (Fsp3) is 0.833. The average Bonchev–Trinajstić information content (AvgIpc) is 2.73. The van der Waals surface area contributed by atoms with Gasteiger partial charge < -0.3 is 15.3 Å². The molecule has 3 saturated heterocycles. The molecule has 136 valence electrons. The third kappa shape index (κ3) is 2.62. The number of halogens is 1. The van der Waals surface area contributed by atoms with Crippen LogP contribution in [0.4, 0.5) is 9.18 Å². The highest BCUT2D eigenvalue weighted by Gasteiger charge is 2.63. The number of rotatable bonds is 4. The Hall–Kier alpha value is -1.50. The van der Waals surface area contributed by atoms with E-state index in [1.165, 1.54) is 0 Å². The van der Waals surface area contributed by atoms with E-state index >= 15 is 0 Å². The summed E-state index contributed by atoms with van der Waals surface area (Å²) >= 11 is 0. The Kier molecular flexibility index (Phi) is 4.18. The maximum Gasteiger partial charge on any atom is 0.418 e. The van der Waals surface area contributed by atoms with Crippen LogP contribution in [0.15, 0.2) is 0 Å². The van der Waals surface area contributed by atoms with E-state index in [0.717, 1.165) is 4.90 Å². The van der Waals surface area contributed by atoms with Crippen LogP contribution in [0.3, 0.4) is 0 Å². The first-order chi connectivity index (χ1) is 11.2. The van der Waals surface area contributed by atoms with Crippen LogP contribution in [0.25, 0.3) is 0 Å². The number of carbonyl (C=O) groups excluding carboxylic acids is 1. The van der Waals surface area contributed by atoms with Crippen LogP contribution in [-0.4, -0.2) is 77.4 Å². The van der Waals surface area contributed by atoms with E-state index in [2.05, 4.69) is 9.60 Å². The Morgan fingerprint density at radius 3 is 2.71 bits per heavy atom. The lowest BCUT2D eigenvalue weighted by Gasteiger charge is -2.47. The summed E-state index contributed by atoms with van der Waals surface area (Å²) in [6.45, 7) is 0.324. The summed E-state index contributed by atoms with van der Waals surface area (Å²) in [6.07, 6.45) is -1.10. The number of carboxylic acids is 1. The van der Waals surface area contributed by atoms with Crippen LogP contribution in [0, 0.1) is 5.92 Å². The molecule has 0 aromatic carbocycles. The molecule has 24 heavy (non-hydrogen) atoms. The van der Waals surface area contributed by atoms with Crippen LogP contribution in [0.5, 0.6) is 0 Å². The number of amides is 2. The Labute approximate surface area is 137 Å². The minimum Gasteiger partial charge on any atom is -0.479 e. The number of carboxylic acid groups (broad SMARTS) is 1. The maximum atomic E-state index is 14.4. The molecule has 0 aromatic heterocycles. The monoisotopic (exact) mass is 367 g/mol. The molecule has 12 heteroatoms. The number of hydrogen-bond donors (Lipinski definition) is 3. The van der Waals surface area contributed by atoms with Crippen molar-refractivity contribution in [3.63, 3.8) is 0 Å². The molecular formula is C12H18FN3O7S. The van der Waals surface area contributed by atoms with Gasteiger partial charge in [0.1, 0.15) is 11.7 Å². The fourth-order valence-corrected chi connectivity index (χ4v) is 4.41. The Bertz CT molecular complexity index is 659. The molecule has 2 bridgehead atoms. The third-order valence-electron chi connectivity index (χ3n) is 5.05. The number of urea groups is 1. The normalized spacial score (nSPS) is 36.9. The summed E-state index contributed by atoms with van der Waals surface area (Å²) in [5.41, 5.74) is -1.76. The van der Waals surface area contributed by atoms with Crippen molar-refractivity contribution >= 4 is 22.4 Å². The molecule has 0 aromatic rings. The van der Waals surface area contributed by atoms with E-state index in [9.17, 15) is 27.5 Å². The minimum atomic E-state index is -4.93. The molecule has 3 N–H and O–H groups in total. The predicted octanol–water partition coefficient (Wildman–Crippen LogP) is -0.608. The second kappa shape index (κ2) is 5.79. The summed E-state index contributed by atoms with van der Waals surface area (Å²) in [5.74, 6) is -2.23. The first-order valence-electron chi connectivity index (χ1n) is 7.53. The molecule has 0 spiro atoms. The van der Waals surface area contributed by atoms with Gasteiger partial charge in [-0.05, 0) is 25.8 Å². The third-order valence-corrected chi connectivity index (χ3v) is 5.40. The van der Waals surface area contributed by atoms with Gasteiger partial charge in [-0.15, -0.1) is 4.28 Å². The minimum absolute atomic E-state index is 0.00358. The van der Waals surface area contributed by atoms with Crippen molar-refractivity contribution in [2.75, 3.05) is 19.6 Å². The van der Waals surface area contributed by atoms with Gasteiger partial charge in [0.2, 0.25) is 0 Å².